The maximum Gasteiger partial charge on any atom is 0.0406 e. The van der Waals surface area contributed by atoms with Gasteiger partial charge in [-0.3, -0.25) is 0 Å². The van der Waals surface area contributed by atoms with Crippen molar-refractivity contribution < 1.29 is 0 Å². The zero-order valence-corrected chi connectivity index (χ0v) is 18.4. The lowest BCUT2D eigenvalue weighted by molar-refractivity contribution is 0.506. The van der Waals surface area contributed by atoms with Crippen LogP contribution in [0.3, 0.4) is 0 Å². The summed E-state index contributed by atoms with van der Waals surface area (Å²) in [6, 6.07) is 21.8. The quantitative estimate of drug-likeness (QED) is 0.352. The van der Waals surface area contributed by atoms with Crippen molar-refractivity contribution in [2.75, 3.05) is 17.6 Å². The molecule has 1 atom stereocenters. The fourth-order valence-electron chi connectivity index (χ4n) is 5.47. The minimum Gasteiger partial charge on any atom is -0.384 e. The highest BCUT2D eigenvalue weighted by atomic mass is 35.5. The van der Waals surface area contributed by atoms with Gasteiger partial charge in [0.2, 0.25) is 0 Å². The zero-order chi connectivity index (χ0) is 19.8. The molecule has 148 valence electrons. The van der Waals surface area contributed by atoms with Gasteiger partial charge in [0.25, 0.3) is 0 Å². The van der Waals surface area contributed by atoms with Gasteiger partial charge in [0.05, 0.1) is 0 Å². The van der Waals surface area contributed by atoms with Gasteiger partial charge in [-0.1, -0.05) is 41.9 Å². The lowest BCUT2D eigenvalue weighted by Gasteiger charge is -2.30. The molecule has 0 radical (unpaired) electrons. The summed E-state index contributed by atoms with van der Waals surface area (Å²) in [5, 5.41) is 4.58. The smallest absolute Gasteiger partial charge is 0.0406 e. The van der Waals surface area contributed by atoms with Gasteiger partial charge in [0.15, 0.2) is 0 Å². The molecule has 0 saturated heterocycles. The Balaban J connectivity index is 1.38. The molecule has 0 heterocycles. The van der Waals surface area contributed by atoms with Crippen molar-refractivity contribution in [3.63, 3.8) is 0 Å². The van der Waals surface area contributed by atoms with Crippen LogP contribution in [0.4, 0.5) is 5.69 Å². The monoisotopic (exact) mass is 419 g/mol. The van der Waals surface area contributed by atoms with Crippen molar-refractivity contribution >= 4 is 29.1 Å². The van der Waals surface area contributed by atoms with Crippen LogP contribution in [0, 0.1) is 6.92 Å². The van der Waals surface area contributed by atoms with E-state index in [1.165, 1.54) is 47.4 Å². The van der Waals surface area contributed by atoms with Crippen molar-refractivity contribution in [2.24, 2.45) is 0 Å². The van der Waals surface area contributed by atoms with Crippen LogP contribution in [0.2, 0.25) is 5.02 Å². The Morgan fingerprint density at radius 3 is 2.34 bits per heavy atom. The first-order valence-electron chi connectivity index (χ1n) is 10.5. The van der Waals surface area contributed by atoms with Crippen LogP contribution in [0.5, 0.6) is 0 Å². The van der Waals surface area contributed by atoms with Gasteiger partial charge in [0, 0.05) is 33.3 Å². The van der Waals surface area contributed by atoms with Gasteiger partial charge in [-0.05, 0) is 90.8 Å². The molecule has 0 saturated carbocycles. The number of benzene rings is 3. The number of fused-ring (bicyclic) bond motifs is 4. The first kappa shape index (κ1) is 19.1. The molecule has 0 amide bonds. The van der Waals surface area contributed by atoms with Crippen molar-refractivity contribution in [1.82, 2.24) is 0 Å². The Morgan fingerprint density at radius 2 is 1.59 bits per heavy atom. The lowest BCUT2D eigenvalue weighted by Crippen LogP contribution is -2.24. The molecule has 0 unspecified atom stereocenters. The second kappa shape index (κ2) is 7.74. The minimum absolute atomic E-state index is 0.211. The van der Waals surface area contributed by atoms with E-state index in [2.05, 4.69) is 60.8 Å². The van der Waals surface area contributed by atoms with E-state index in [0.29, 0.717) is 0 Å². The third kappa shape index (κ3) is 3.37. The molecule has 1 spiro atoms. The number of anilines is 1. The Kier molecular flexibility index (Phi) is 5.09. The van der Waals surface area contributed by atoms with Crippen LogP contribution in [0.25, 0.3) is 0 Å². The first-order chi connectivity index (χ1) is 14.2. The highest BCUT2D eigenvalue weighted by molar-refractivity contribution is 7.99. The fraction of sp³-hybridized carbons (Fsp3) is 0.308. The van der Waals surface area contributed by atoms with E-state index in [9.17, 15) is 0 Å². The van der Waals surface area contributed by atoms with Gasteiger partial charge >= 0.3 is 0 Å². The molecule has 0 bridgehead atoms. The van der Waals surface area contributed by atoms with E-state index < -0.39 is 0 Å². The van der Waals surface area contributed by atoms with Crippen LogP contribution in [0.15, 0.2) is 65.6 Å². The van der Waals surface area contributed by atoms with Crippen LogP contribution < -0.4 is 5.32 Å². The summed E-state index contributed by atoms with van der Waals surface area (Å²) in [7, 11) is 0. The molecule has 1 N–H and O–H groups in total. The molecule has 2 aliphatic carbocycles. The van der Waals surface area contributed by atoms with Gasteiger partial charge in [-0.2, -0.15) is 0 Å². The van der Waals surface area contributed by atoms with E-state index in [0.717, 1.165) is 17.3 Å². The van der Waals surface area contributed by atoms with Crippen LogP contribution >= 0.6 is 23.4 Å². The average Bonchev–Trinajstić information content (AvgIpc) is 3.30. The summed E-state index contributed by atoms with van der Waals surface area (Å²) < 4.78 is 0. The van der Waals surface area contributed by atoms with Gasteiger partial charge in [-0.15, -0.1) is 11.8 Å². The van der Waals surface area contributed by atoms with Crippen LogP contribution in [0.1, 0.15) is 40.7 Å². The Labute approximate surface area is 182 Å². The van der Waals surface area contributed by atoms with Crippen LogP contribution in [-0.2, 0) is 18.3 Å². The molecule has 29 heavy (non-hydrogen) atoms. The minimum atomic E-state index is 0.211. The summed E-state index contributed by atoms with van der Waals surface area (Å²) in [5.74, 6) is 1.04. The number of aryl methyl sites for hydroxylation is 3. The molecule has 3 aromatic carbocycles. The third-order valence-electron chi connectivity index (χ3n) is 6.61. The molecule has 1 nitrogen and oxygen atoms in total. The standard InChI is InChI=1S/C26H26ClNS/c1-18-4-2-5-19-12-14-26(24(18)19)15-13-20-6-3-7-23(25(20)26)28-16-17-29-22-10-8-21(27)9-11-22/h2-11,28H,12-17H2,1H3/t26-/m1/s1. The van der Waals surface area contributed by atoms with E-state index in [4.69, 9.17) is 11.6 Å². The normalized spacial score (nSPS) is 19.4. The predicted molar refractivity (Wildman–Crippen MR) is 126 cm³/mol. The molecule has 3 aromatic rings. The highest BCUT2D eigenvalue weighted by Crippen LogP contribution is 2.55. The second-order valence-corrected chi connectivity index (χ2v) is 9.86. The topological polar surface area (TPSA) is 12.0 Å². The molecule has 3 heteroatoms. The molecule has 5 rings (SSSR count). The van der Waals surface area contributed by atoms with E-state index in [-0.39, 0.29) is 5.41 Å². The van der Waals surface area contributed by atoms with Gasteiger partial charge < -0.3 is 5.32 Å². The summed E-state index contributed by atoms with van der Waals surface area (Å²) in [6.07, 6.45) is 4.90. The molecular formula is C26H26ClNS. The molecule has 2 aliphatic rings. The van der Waals surface area contributed by atoms with Crippen molar-refractivity contribution in [3.05, 3.63) is 93.5 Å². The maximum atomic E-state index is 5.99. The predicted octanol–water partition coefficient (Wildman–Crippen LogP) is 7.03. The van der Waals surface area contributed by atoms with Gasteiger partial charge in [-0.25, -0.2) is 0 Å². The molecule has 0 fully saturated rings. The van der Waals surface area contributed by atoms with E-state index in [1.54, 1.807) is 16.7 Å². The molecular weight excluding hydrogens is 394 g/mol. The van der Waals surface area contributed by atoms with Crippen LogP contribution in [-0.4, -0.2) is 12.3 Å². The summed E-state index contributed by atoms with van der Waals surface area (Å²) in [6.45, 7) is 3.25. The van der Waals surface area contributed by atoms with E-state index >= 15 is 0 Å². The second-order valence-electron chi connectivity index (χ2n) is 8.26. The lowest BCUT2D eigenvalue weighted by atomic mass is 9.74. The summed E-state index contributed by atoms with van der Waals surface area (Å²) in [4.78, 5) is 1.27. The number of hydrogen-bond acceptors (Lipinski definition) is 2. The third-order valence-corrected chi connectivity index (χ3v) is 7.87. The molecule has 0 aliphatic heterocycles. The maximum absolute atomic E-state index is 5.99. The number of thioether (sulfide) groups is 1. The largest absolute Gasteiger partial charge is 0.384 e. The number of hydrogen-bond donors (Lipinski definition) is 1. The highest BCUT2D eigenvalue weighted by Gasteiger charge is 2.46. The number of rotatable bonds is 5. The van der Waals surface area contributed by atoms with Crippen molar-refractivity contribution in [2.45, 2.75) is 42.9 Å². The average molecular weight is 420 g/mol. The Hall–Kier alpha value is -1.90. The van der Waals surface area contributed by atoms with Crippen molar-refractivity contribution in [1.29, 1.82) is 0 Å². The van der Waals surface area contributed by atoms with E-state index in [1.807, 2.05) is 23.9 Å². The molecule has 0 aromatic heterocycles. The number of halogens is 1. The summed E-state index contributed by atoms with van der Waals surface area (Å²) >= 11 is 7.87. The zero-order valence-electron chi connectivity index (χ0n) is 16.8. The summed E-state index contributed by atoms with van der Waals surface area (Å²) in [5.41, 5.74) is 9.30. The van der Waals surface area contributed by atoms with Gasteiger partial charge in [0.1, 0.15) is 0 Å². The Morgan fingerprint density at radius 1 is 0.897 bits per heavy atom. The SMILES string of the molecule is Cc1cccc2c1[C@@]1(CC2)CCc2cccc(NCCSc3ccc(Cl)cc3)c21. The fourth-order valence-corrected chi connectivity index (χ4v) is 6.37. The van der Waals surface area contributed by atoms with Crippen molar-refractivity contribution in [3.8, 4) is 0 Å². The number of nitrogens with one attached hydrogen (secondary N) is 1. The Bertz CT molecular complexity index is 1040. The first-order valence-corrected chi connectivity index (χ1v) is 11.9.